The van der Waals surface area contributed by atoms with Crippen LogP contribution in [0, 0.1) is 0 Å². The number of fused-ring (bicyclic) bond motifs is 9. The molecular formula is C51H30N4OS. The Bertz CT molecular complexity index is 3490. The molecule has 0 aliphatic heterocycles. The third kappa shape index (κ3) is 4.98. The van der Waals surface area contributed by atoms with Crippen LogP contribution in [0.2, 0.25) is 0 Å². The summed E-state index contributed by atoms with van der Waals surface area (Å²) < 4.78 is 11.2. The summed E-state index contributed by atoms with van der Waals surface area (Å²) in [5, 5.41) is 6.95. The van der Waals surface area contributed by atoms with Crippen molar-refractivity contribution in [3.8, 4) is 51.0 Å². The van der Waals surface area contributed by atoms with E-state index in [4.69, 9.17) is 19.4 Å². The molecule has 0 amide bonds. The summed E-state index contributed by atoms with van der Waals surface area (Å²) in [6, 6.07) is 63.8. The molecule has 0 bridgehead atoms. The van der Waals surface area contributed by atoms with Crippen molar-refractivity contribution in [2.24, 2.45) is 0 Å². The molecule has 0 saturated heterocycles. The van der Waals surface area contributed by atoms with Crippen molar-refractivity contribution in [2.75, 3.05) is 0 Å². The summed E-state index contributed by atoms with van der Waals surface area (Å²) >= 11 is 1.83. The van der Waals surface area contributed by atoms with Gasteiger partial charge in [-0.3, -0.25) is 0 Å². The zero-order valence-electron chi connectivity index (χ0n) is 30.4. The van der Waals surface area contributed by atoms with E-state index in [0.717, 1.165) is 55.4 Å². The van der Waals surface area contributed by atoms with Crippen molar-refractivity contribution < 1.29 is 4.42 Å². The molecule has 0 aliphatic carbocycles. The molecule has 6 heteroatoms. The third-order valence-corrected chi connectivity index (χ3v) is 12.3. The monoisotopic (exact) mass is 746 g/mol. The molecule has 57 heavy (non-hydrogen) atoms. The number of nitrogens with zero attached hydrogens (tertiary/aromatic N) is 4. The van der Waals surface area contributed by atoms with E-state index >= 15 is 0 Å². The number of hydrogen-bond donors (Lipinski definition) is 0. The lowest BCUT2D eigenvalue weighted by molar-refractivity contribution is 0.669. The van der Waals surface area contributed by atoms with Crippen molar-refractivity contribution in [3.05, 3.63) is 182 Å². The topological polar surface area (TPSA) is 56.7 Å². The van der Waals surface area contributed by atoms with Crippen LogP contribution in [0.25, 0.3) is 115 Å². The molecule has 266 valence electrons. The number of rotatable bonds is 5. The van der Waals surface area contributed by atoms with Gasteiger partial charge in [0, 0.05) is 69.7 Å². The number of aromatic nitrogens is 4. The maximum Gasteiger partial charge on any atom is 0.164 e. The summed E-state index contributed by atoms with van der Waals surface area (Å²) in [6.07, 6.45) is 0. The second-order valence-electron chi connectivity index (χ2n) is 14.3. The molecule has 12 rings (SSSR count). The lowest BCUT2D eigenvalue weighted by atomic mass is 9.96. The number of para-hydroxylation sites is 3. The van der Waals surface area contributed by atoms with Gasteiger partial charge in [0.1, 0.15) is 11.2 Å². The fourth-order valence-electron chi connectivity index (χ4n) is 8.55. The summed E-state index contributed by atoms with van der Waals surface area (Å²) in [6.45, 7) is 0. The predicted octanol–water partition coefficient (Wildman–Crippen LogP) is 13.9. The summed E-state index contributed by atoms with van der Waals surface area (Å²) in [7, 11) is 0. The minimum atomic E-state index is 0.594. The average molecular weight is 747 g/mol. The molecule has 8 aromatic carbocycles. The Balaban J connectivity index is 1.15. The summed E-state index contributed by atoms with van der Waals surface area (Å²) in [5.41, 5.74) is 10.0. The van der Waals surface area contributed by atoms with Crippen LogP contribution in [0.3, 0.4) is 0 Å². The molecule has 0 saturated carbocycles. The second-order valence-corrected chi connectivity index (χ2v) is 15.4. The Morgan fingerprint density at radius 3 is 1.77 bits per heavy atom. The van der Waals surface area contributed by atoms with E-state index in [2.05, 4.69) is 138 Å². The first-order valence-electron chi connectivity index (χ1n) is 19.0. The Kier molecular flexibility index (Phi) is 7.03. The third-order valence-electron chi connectivity index (χ3n) is 11.1. The van der Waals surface area contributed by atoms with E-state index in [1.807, 2.05) is 59.9 Å². The largest absolute Gasteiger partial charge is 0.456 e. The van der Waals surface area contributed by atoms with Gasteiger partial charge in [0.15, 0.2) is 17.5 Å². The van der Waals surface area contributed by atoms with Crippen molar-refractivity contribution in [3.63, 3.8) is 0 Å². The van der Waals surface area contributed by atoms with Crippen LogP contribution in [0.15, 0.2) is 186 Å². The van der Waals surface area contributed by atoms with E-state index in [1.54, 1.807) is 0 Å². The van der Waals surface area contributed by atoms with E-state index in [-0.39, 0.29) is 0 Å². The highest BCUT2D eigenvalue weighted by atomic mass is 32.1. The highest BCUT2D eigenvalue weighted by Crippen LogP contribution is 2.45. The van der Waals surface area contributed by atoms with E-state index in [0.29, 0.717) is 17.5 Å². The predicted molar refractivity (Wildman–Crippen MR) is 236 cm³/mol. The van der Waals surface area contributed by atoms with Crippen molar-refractivity contribution in [2.45, 2.75) is 0 Å². The first kappa shape index (κ1) is 31.9. The van der Waals surface area contributed by atoms with E-state index < -0.39 is 0 Å². The quantitative estimate of drug-likeness (QED) is 0.176. The van der Waals surface area contributed by atoms with Crippen molar-refractivity contribution in [1.82, 2.24) is 19.5 Å². The molecule has 0 spiro atoms. The van der Waals surface area contributed by atoms with Crippen molar-refractivity contribution >= 4 is 75.3 Å². The standard InChI is InChI=1S/C51H30N4OS/c1-2-15-31(16-3-1)49-52-50(54-51(53-49)39-23-14-27-45-47(39)38-22-8-12-26-44(38)56-45)37-21-5-4-17-33(37)40-29-32(30-41-36-20-9-13-28-46(36)57-48(40)41)55-42-24-10-6-18-34(42)35-19-7-11-25-43(35)55/h1-30H. The molecule has 4 aromatic heterocycles. The van der Waals surface area contributed by atoms with Gasteiger partial charge in [0.2, 0.25) is 0 Å². The van der Waals surface area contributed by atoms with Gasteiger partial charge in [0.05, 0.1) is 11.0 Å². The van der Waals surface area contributed by atoms with Gasteiger partial charge in [0.25, 0.3) is 0 Å². The number of hydrogen-bond acceptors (Lipinski definition) is 5. The SMILES string of the molecule is c1ccc(-c2nc(-c3ccccc3-c3cc(-n4c5ccccc5c5ccccc54)cc4c3sc3ccccc34)nc(-c3cccc4oc5ccccc5c34)n2)cc1. The zero-order chi connectivity index (χ0) is 37.5. The molecular weight excluding hydrogens is 717 g/mol. The van der Waals surface area contributed by atoms with Crippen molar-refractivity contribution in [1.29, 1.82) is 0 Å². The second kappa shape index (κ2) is 12.6. The molecule has 0 fully saturated rings. The van der Waals surface area contributed by atoms with E-state index in [9.17, 15) is 0 Å². The number of benzene rings is 8. The van der Waals surface area contributed by atoms with Gasteiger partial charge in [-0.05, 0) is 48.0 Å². The van der Waals surface area contributed by atoms with Crippen LogP contribution < -0.4 is 0 Å². The molecule has 4 heterocycles. The first-order valence-corrected chi connectivity index (χ1v) is 19.8. The maximum atomic E-state index is 6.31. The lowest BCUT2D eigenvalue weighted by Gasteiger charge is -2.15. The smallest absolute Gasteiger partial charge is 0.164 e. The Hall–Kier alpha value is -7.41. The molecule has 12 aromatic rings. The Morgan fingerprint density at radius 1 is 0.404 bits per heavy atom. The van der Waals surface area contributed by atoms with Gasteiger partial charge >= 0.3 is 0 Å². The van der Waals surface area contributed by atoms with Gasteiger partial charge in [-0.25, -0.2) is 15.0 Å². The minimum absolute atomic E-state index is 0.594. The van der Waals surface area contributed by atoms with Gasteiger partial charge in [-0.1, -0.05) is 140 Å². The molecule has 0 aliphatic rings. The van der Waals surface area contributed by atoms with Gasteiger partial charge < -0.3 is 8.98 Å². The summed E-state index contributed by atoms with van der Waals surface area (Å²) in [5.74, 6) is 1.81. The average Bonchev–Trinajstić information content (AvgIpc) is 3.96. The molecule has 0 atom stereocenters. The minimum Gasteiger partial charge on any atom is -0.456 e. The summed E-state index contributed by atoms with van der Waals surface area (Å²) in [4.78, 5) is 15.7. The molecule has 0 unspecified atom stereocenters. The number of furan rings is 1. The Labute approximate surface area is 330 Å². The molecule has 0 radical (unpaired) electrons. The van der Waals surface area contributed by atoms with Gasteiger partial charge in [-0.15, -0.1) is 11.3 Å². The van der Waals surface area contributed by atoms with E-state index in [1.165, 1.54) is 42.0 Å². The highest BCUT2D eigenvalue weighted by molar-refractivity contribution is 7.26. The highest BCUT2D eigenvalue weighted by Gasteiger charge is 2.22. The van der Waals surface area contributed by atoms with Crippen LogP contribution in [0.1, 0.15) is 0 Å². The molecule has 0 N–H and O–H groups in total. The maximum absolute atomic E-state index is 6.31. The first-order chi connectivity index (χ1) is 28.3. The van der Waals surface area contributed by atoms with Crippen LogP contribution in [0.4, 0.5) is 0 Å². The fourth-order valence-corrected chi connectivity index (χ4v) is 9.76. The van der Waals surface area contributed by atoms with Crippen LogP contribution in [-0.2, 0) is 0 Å². The number of thiophene rings is 1. The van der Waals surface area contributed by atoms with Crippen LogP contribution in [-0.4, -0.2) is 19.5 Å². The molecule has 5 nitrogen and oxygen atoms in total. The van der Waals surface area contributed by atoms with Crippen LogP contribution >= 0.6 is 11.3 Å². The fraction of sp³-hybridized carbons (Fsp3) is 0. The zero-order valence-corrected chi connectivity index (χ0v) is 31.2. The normalized spacial score (nSPS) is 11.9. The Morgan fingerprint density at radius 2 is 0.982 bits per heavy atom. The lowest BCUT2D eigenvalue weighted by Crippen LogP contribution is -2.01. The van der Waals surface area contributed by atoms with Gasteiger partial charge in [-0.2, -0.15) is 0 Å². The van der Waals surface area contributed by atoms with Crippen LogP contribution in [0.5, 0.6) is 0 Å².